The number of aliphatic imine (C=N–C) groups is 2. The van der Waals surface area contributed by atoms with Gasteiger partial charge in [-0.3, -0.25) is 9.98 Å². The number of hydrogen-bond donors (Lipinski definition) is 0. The Morgan fingerprint density at radius 2 is 1.26 bits per heavy atom. The summed E-state index contributed by atoms with van der Waals surface area (Å²) in [4.78, 5) is 9.85. The van der Waals surface area contributed by atoms with Crippen LogP contribution in [0.4, 0.5) is 11.4 Å². The van der Waals surface area contributed by atoms with E-state index in [0.717, 1.165) is 77.3 Å². The van der Waals surface area contributed by atoms with Crippen LogP contribution in [0.15, 0.2) is 136 Å². The molecule has 0 atom stereocenters. The van der Waals surface area contributed by atoms with Crippen LogP contribution in [0.2, 0.25) is 0 Å². The van der Waals surface area contributed by atoms with E-state index in [1.165, 1.54) is 16.3 Å². The van der Waals surface area contributed by atoms with Gasteiger partial charge in [-0.15, -0.1) is 0 Å². The summed E-state index contributed by atoms with van der Waals surface area (Å²) in [6.45, 7) is 12.8. The third-order valence-electron chi connectivity index (χ3n) is 9.23. The molecule has 0 aliphatic carbocycles. The number of para-hydroxylation sites is 1. The van der Waals surface area contributed by atoms with E-state index < -0.39 is 0 Å². The molecule has 3 heteroatoms. The van der Waals surface area contributed by atoms with Crippen LogP contribution < -0.4 is 0 Å². The van der Waals surface area contributed by atoms with Gasteiger partial charge < -0.3 is 4.42 Å². The summed E-state index contributed by atoms with van der Waals surface area (Å²) in [5.74, 6) is 0. The number of furan rings is 1. The number of rotatable bonds is 4. The Hall–Kier alpha value is -5.54. The molecule has 0 radical (unpaired) electrons. The van der Waals surface area contributed by atoms with E-state index in [4.69, 9.17) is 9.41 Å². The fourth-order valence-electron chi connectivity index (χ4n) is 6.83. The van der Waals surface area contributed by atoms with E-state index in [9.17, 15) is 0 Å². The molecule has 46 heavy (non-hydrogen) atoms. The highest BCUT2D eigenvalue weighted by Gasteiger charge is 2.20. The average Bonchev–Trinajstić information content (AvgIpc) is 3.47. The summed E-state index contributed by atoms with van der Waals surface area (Å²) in [5, 5.41) is 9.13. The monoisotopic (exact) mass is 594 g/mol. The van der Waals surface area contributed by atoms with Gasteiger partial charge >= 0.3 is 0 Å². The van der Waals surface area contributed by atoms with Crippen molar-refractivity contribution in [2.45, 2.75) is 33.1 Å². The lowest BCUT2D eigenvalue weighted by Gasteiger charge is -2.22. The topological polar surface area (TPSA) is 37.9 Å². The second-order valence-electron chi connectivity index (χ2n) is 13.1. The van der Waals surface area contributed by atoms with Crippen LogP contribution in [0.5, 0.6) is 0 Å². The van der Waals surface area contributed by atoms with Crippen LogP contribution in [0, 0.1) is 0 Å². The molecule has 0 spiro atoms. The number of fused-ring (bicyclic) bond motifs is 8. The summed E-state index contributed by atoms with van der Waals surface area (Å²) in [5.41, 5.74) is 8.77. The molecular formula is C43H34N2O. The molecule has 0 N–H and O–H groups in total. The Bertz CT molecular complexity index is 2540. The van der Waals surface area contributed by atoms with Crippen LogP contribution >= 0.6 is 0 Å². The molecule has 8 aromatic rings. The van der Waals surface area contributed by atoms with Crippen molar-refractivity contribution in [3.05, 3.63) is 132 Å². The van der Waals surface area contributed by atoms with Crippen LogP contribution in [0.1, 0.15) is 38.8 Å². The Kier molecular flexibility index (Phi) is 6.40. The minimum absolute atomic E-state index is 0.0769. The molecule has 0 aliphatic heterocycles. The molecule has 0 amide bonds. The van der Waals surface area contributed by atoms with Gasteiger partial charge in [0.1, 0.15) is 11.2 Å². The Balaban J connectivity index is 1.37. The van der Waals surface area contributed by atoms with Gasteiger partial charge in [-0.25, -0.2) is 0 Å². The molecule has 0 aliphatic rings. The molecule has 222 valence electrons. The maximum Gasteiger partial charge on any atom is 0.143 e. The van der Waals surface area contributed by atoms with Crippen LogP contribution in [0.25, 0.3) is 65.4 Å². The van der Waals surface area contributed by atoms with Gasteiger partial charge in [0.2, 0.25) is 0 Å². The second kappa shape index (κ2) is 10.5. The highest BCUT2D eigenvalue weighted by molar-refractivity contribution is 6.22. The number of benzene rings is 7. The van der Waals surface area contributed by atoms with Crippen molar-refractivity contribution in [1.29, 1.82) is 0 Å². The minimum atomic E-state index is -0.0769. The standard InChI is InChI=1S/C43H34N2O/c1-26(45-41-36-18-11-9-16-34(36)33-15-8-10-17-35(33)40(41)44-5)28-23-29(25-30(24-28)43(2,3)4)32-19-12-20-37-39-31-14-7-6-13-27(31)21-22-38(39)46-42(32)37/h6-25H,5H2,1-4H3. The highest BCUT2D eigenvalue weighted by Crippen LogP contribution is 2.44. The second-order valence-corrected chi connectivity index (χ2v) is 13.1. The summed E-state index contributed by atoms with van der Waals surface area (Å²) in [6, 6.07) is 42.9. The van der Waals surface area contributed by atoms with Gasteiger partial charge in [-0.1, -0.05) is 124 Å². The lowest BCUT2D eigenvalue weighted by atomic mass is 9.83. The summed E-state index contributed by atoms with van der Waals surface area (Å²) in [7, 11) is 0. The number of hydrogen-bond acceptors (Lipinski definition) is 3. The van der Waals surface area contributed by atoms with Crippen LogP contribution in [0.3, 0.4) is 0 Å². The minimum Gasteiger partial charge on any atom is -0.455 e. The molecule has 0 fully saturated rings. The summed E-state index contributed by atoms with van der Waals surface area (Å²) in [6.07, 6.45) is 0. The van der Waals surface area contributed by atoms with Gasteiger partial charge in [0.25, 0.3) is 0 Å². The van der Waals surface area contributed by atoms with Crippen molar-refractivity contribution in [1.82, 2.24) is 0 Å². The van der Waals surface area contributed by atoms with Gasteiger partial charge in [-0.2, -0.15) is 0 Å². The average molecular weight is 595 g/mol. The zero-order valence-corrected chi connectivity index (χ0v) is 26.6. The molecule has 0 unspecified atom stereocenters. The SMILES string of the molecule is C=Nc1c(N=C(C)c2cc(-c3cccc4c3oc3ccc5ccccc5c34)cc(C(C)(C)C)c2)c2ccccc2c2ccccc12. The maximum absolute atomic E-state index is 6.64. The molecular weight excluding hydrogens is 560 g/mol. The predicted octanol–water partition coefficient (Wildman–Crippen LogP) is 12.5. The van der Waals surface area contributed by atoms with Crippen molar-refractivity contribution >= 4 is 78.1 Å². The smallest absolute Gasteiger partial charge is 0.143 e. The van der Waals surface area contributed by atoms with E-state index in [-0.39, 0.29) is 5.41 Å². The Morgan fingerprint density at radius 3 is 1.96 bits per heavy atom. The fourth-order valence-corrected chi connectivity index (χ4v) is 6.83. The van der Waals surface area contributed by atoms with E-state index in [2.05, 4.69) is 155 Å². The van der Waals surface area contributed by atoms with Crippen molar-refractivity contribution in [2.75, 3.05) is 0 Å². The molecule has 7 aromatic carbocycles. The van der Waals surface area contributed by atoms with E-state index in [1.54, 1.807) is 0 Å². The van der Waals surface area contributed by atoms with Gasteiger partial charge in [-0.05, 0) is 75.5 Å². The first-order valence-electron chi connectivity index (χ1n) is 15.8. The predicted molar refractivity (Wildman–Crippen MR) is 198 cm³/mol. The van der Waals surface area contributed by atoms with E-state index >= 15 is 0 Å². The first kappa shape index (κ1) is 28.0. The first-order valence-corrected chi connectivity index (χ1v) is 15.8. The molecule has 0 bridgehead atoms. The normalized spacial score (nSPS) is 12.6. The highest BCUT2D eigenvalue weighted by atomic mass is 16.3. The Labute approximate surface area is 268 Å². The zero-order chi connectivity index (χ0) is 31.6. The van der Waals surface area contributed by atoms with Gasteiger partial charge in [0, 0.05) is 32.8 Å². The van der Waals surface area contributed by atoms with Crippen molar-refractivity contribution < 1.29 is 4.42 Å². The summed E-state index contributed by atoms with van der Waals surface area (Å²) >= 11 is 0. The largest absolute Gasteiger partial charge is 0.455 e. The number of nitrogens with zero attached hydrogens (tertiary/aromatic N) is 2. The van der Waals surface area contributed by atoms with Crippen molar-refractivity contribution in [2.24, 2.45) is 9.98 Å². The molecule has 0 saturated carbocycles. The van der Waals surface area contributed by atoms with Crippen molar-refractivity contribution in [3.8, 4) is 11.1 Å². The van der Waals surface area contributed by atoms with Gasteiger partial charge in [0.05, 0.1) is 11.4 Å². The van der Waals surface area contributed by atoms with Crippen molar-refractivity contribution in [3.63, 3.8) is 0 Å². The maximum atomic E-state index is 6.64. The molecule has 1 heterocycles. The zero-order valence-electron chi connectivity index (χ0n) is 26.6. The molecule has 0 saturated heterocycles. The van der Waals surface area contributed by atoms with Crippen LogP contribution in [-0.2, 0) is 5.41 Å². The fraction of sp³-hybridized carbons (Fsp3) is 0.116. The first-order chi connectivity index (χ1) is 22.3. The Morgan fingerprint density at radius 1 is 0.630 bits per heavy atom. The van der Waals surface area contributed by atoms with E-state index in [0.29, 0.717) is 0 Å². The lowest BCUT2D eigenvalue weighted by molar-refractivity contribution is 0.590. The third-order valence-corrected chi connectivity index (χ3v) is 9.23. The molecule has 1 aromatic heterocycles. The van der Waals surface area contributed by atoms with Gasteiger partial charge in [0.15, 0.2) is 0 Å². The lowest BCUT2D eigenvalue weighted by Crippen LogP contribution is -2.12. The quantitative estimate of drug-likeness (QED) is 0.147. The molecule has 3 nitrogen and oxygen atoms in total. The van der Waals surface area contributed by atoms with E-state index in [1.807, 2.05) is 6.07 Å². The van der Waals surface area contributed by atoms with Crippen LogP contribution in [-0.4, -0.2) is 12.4 Å². The third kappa shape index (κ3) is 4.42. The summed E-state index contributed by atoms with van der Waals surface area (Å²) < 4.78 is 6.64. The molecule has 8 rings (SSSR count).